The van der Waals surface area contributed by atoms with Crippen LogP contribution in [0.1, 0.15) is 29.7 Å². The summed E-state index contributed by atoms with van der Waals surface area (Å²) in [6.45, 7) is 2.60. The normalized spacial score (nSPS) is 16.1. The van der Waals surface area contributed by atoms with E-state index in [0.29, 0.717) is 28.2 Å². The van der Waals surface area contributed by atoms with E-state index in [2.05, 4.69) is 15.3 Å². The van der Waals surface area contributed by atoms with Crippen LogP contribution in [0.4, 0.5) is 24.7 Å². The molecule has 30 heavy (non-hydrogen) atoms. The second-order valence-electron chi connectivity index (χ2n) is 7.06. The predicted octanol–water partition coefficient (Wildman–Crippen LogP) is 4.94. The molecule has 1 saturated heterocycles. The van der Waals surface area contributed by atoms with Crippen molar-refractivity contribution in [2.45, 2.75) is 37.3 Å². The Hall–Kier alpha value is -2.24. The van der Waals surface area contributed by atoms with E-state index in [1.165, 1.54) is 34.1 Å². The van der Waals surface area contributed by atoms with Gasteiger partial charge in [0.25, 0.3) is 0 Å². The Bertz CT molecular complexity index is 1190. The van der Waals surface area contributed by atoms with Gasteiger partial charge in [0, 0.05) is 23.7 Å². The summed E-state index contributed by atoms with van der Waals surface area (Å²) in [7, 11) is -3.78. The van der Waals surface area contributed by atoms with Gasteiger partial charge < -0.3 is 5.32 Å². The van der Waals surface area contributed by atoms with Gasteiger partial charge in [-0.1, -0.05) is 12.5 Å². The third-order valence-electron chi connectivity index (χ3n) is 4.97. The van der Waals surface area contributed by atoms with Crippen molar-refractivity contribution in [1.82, 2.24) is 14.3 Å². The van der Waals surface area contributed by atoms with Crippen LogP contribution in [0.2, 0.25) is 0 Å². The zero-order valence-electron chi connectivity index (χ0n) is 16.0. The van der Waals surface area contributed by atoms with Crippen LogP contribution in [0.15, 0.2) is 35.5 Å². The fraction of sp³-hybridized carbons (Fsp3) is 0.368. The first-order chi connectivity index (χ1) is 14.2. The van der Waals surface area contributed by atoms with Gasteiger partial charge >= 0.3 is 6.18 Å². The fourth-order valence-electron chi connectivity index (χ4n) is 3.57. The molecule has 1 aliphatic rings. The molecule has 3 aromatic rings. The Morgan fingerprint density at radius 3 is 2.57 bits per heavy atom. The first-order valence-corrected chi connectivity index (χ1v) is 11.6. The zero-order valence-corrected chi connectivity index (χ0v) is 17.7. The zero-order chi connectivity index (χ0) is 21.5. The Morgan fingerprint density at radius 2 is 1.87 bits per heavy atom. The number of fused-ring (bicyclic) bond motifs is 1. The molecule has 3 heterocycles. The van der Waals surface area contributed by atoms with Gasteiger partial charge in [-0.25, -0.2) is 18.4 Å². The Balaban J connectivity index is 1.81. The van der Waals surface area contributed by atoms with Crippen molar-refractivity contribution < 1.29 is 21.6 Å². The lowest BCUT2D eigenvalue weighted by molar-refractivity contribution is -0.137. The second-order valence-corrected chi connectivity index (χ2v) is 10.1. The third-order valence-corrected chi connectivity index (χ3v) is 8.19. The van der Waals surface area contributed by atoms with Gasteiger partial charge in [-0.2, -0.15) is 17.5 Å². The number of rotatable bonds is 4. The number of piperidine rings is 1. The van der Waals surface area contributed by atoms with E-state index in [1.54, 1.807) is 6.92 Å². The highest BCUT2D eigenvalue weighted by atomic mass is 32.2. The van der Waals surface area contributed by atoms with Crippen LogP contribution in [-0.2, 0) is 16.2 Å². The number of nitrogens with one attached hydrogen (secondary N) is 1. The number of nitrogens with zero attached hydrogens (tertiary/aromatic N) is 3. The molecule has 1 aliphatic heterocycles. The summed E-state index contributed by atoms with van der Waals surface area (Å²) in [4.78, 5) is 9.49. The monoisotopic (exact) mass is 456 g/mol. The lowest BCUT2D eigenvalue weighted by Crippen LogP contribution is -2.35. The van der Waals surface area contributed by atoms with Gasteiger partial charge in [-0.15, -0.1) is 11.3 Å². The van der Waals surface area contributed by atoms with E-state index in [0.717, 1.165) is 31.4 Å². The topological polar surface area (TPSA) is 75.2 Å². The van der Waals surface area contributed by atoms with E-state index < -0.39 is 21.8 Å². The molecule has 2 aromatic heterocycles. The largest absolute Gasteiger partial charge is 0.416 e. The van der Waals surface area contributed by atoms with Crippen LogP contribution in [0.5, 0.6) is 0 Å². The summed E-state index contributed by atoms with van der Waals surface area (Å²) in [5.74, 6) is 0.166. The quantitative estimate of drug-likeness (QED) is 0.602. The second kappa shape index (κ2) is 7.78. The predicted molar refractivity (Wildman–Crippen MR) is 109 cm³/mol. The van der Waals surface area contributed by atoms with E-state index in [1.807, 2.05) is 0 Å². The minimum Gasteiger partial charge on any atom is -0.340 e. The number of halogens is 3. The molecule has 0 spiro atoms. The number of alkyl halides is 3. The molecule has 4 rings (SSSR count). The van der Waals surface area contributed by atoms with Crippen LogP contribution in [0.3, 0.4) is 0 Å². The smallest absolute Gasteiger partial charge is 0.340 e. The van der Waals surface area contributed by atoms with E-state index >= 15 is 0 Å². The molecule has 0 bridgehead atoms. The number of hydrogen-bond donors (Lipinski definition) is 1. The van der Waals surface area contributed by atoms with E-state index in [4.69, 9.17) is 0 Å². The van der Waals surface area contributed by atoms with Crippen molar-refractivity contribution >= 4 is 43.1 Å². The van der Waals surface area contributed by atoms with Crippen molar-refractivity contribution in [2.24, 2.45) is 0 Å². The van der Waals surface area contributed by atoms with Gasteiger partial charge in [-0.05, 0) is 38.0 Å². The van der Waals surface area contributed by atoms with Gasteiger partial charge in [0.15, 0.2) is 0 Å². The Morgan fingerprint density at radius 1 is 1.13 bits per heavy atom. The maximum Gasteiger partial charge on any atom is 0.416 e. The van der Waals surface area contributed by atoms with Gasteiger partial charge in [0.1, 0.15) is 21.9 Å². The summed E-state index contributed by atoms with van der Waals surface area (Å²) >= 11 is 1.22. The molecule has 0 atom stereocenters. The first kappa shape index (κ1) is 21.0. The van der Waals surface area contributed by atoms with Gasteiger partial charge in [0.05, 0.1) is 10.9 Å². The molecule has 0 radical (unpaired) electrons. The Kier molecular flexibility index (Phi) is 5.45. The molecule has 160 valence electrons. The van der Waals surface area contributed by atoms with Crippen molar-refractivity contribution in [2.75, 3.05) is 18.4 Å². The Labute approximate surface area is 175 Å². The van der Waals surface area contributed by atoms with E-state index in [-0.39, 0.29) is 16.4 Å². The lowest BCUT2D eigenvalue weighted by Gasteiger charge is -2.26. The maximum absolute atomic E-state index is 13.4. The number of hydrogen-bond acceptors (Lipinski definition) is 6. The standard InChI is InChI=1S/C19H19F3N4O2S2/c1-12-16(30(27,28)26-8-3-2-4-9-26)15-17(23-11-24-18(15)29-12)25-14-7-5-6-13(10-14)19(20,21)22/h5-7,10-11H,2-4,8-9H2,1H3,(H,23,24,25). The van der Waals surface area contributed by atoms with Crippen LogP contribution >= 0.6 is 11.3 Å². The summed E-state index contributed by atoms with van der Waals surface area (Å²) in [6.07, 6.45) is -0.634. The number of aryl methyl sites for hydroxylation is 1. The molecular weight excluding hydrogens is 437 g/mol. The summed E-state index contributed by atoms with van der Waals surface area (Å²) in [5.41, 5.74) is -0.643. The molecule has 11 heteroatoms. The SMILES string of the molecule is Cc1sc2ncnc(Nc3cccc(C(F)(F)F)c3)c2c1S(=O)(=O)N1CCCCC1. The van der Waals surface area contributed by atoms with Crippen LogP contribution < -0.4 is 5.32 Å². The summed E-state index contributed by atoms with van der Waals surface area (Å²) < 4.78 is 67.4. The van der Waals surface area contributed by atoms with E-state index in [9.17, 15) is 21.6 Å². The van der Waals surface area contributed by atoms with Crippen LogP contribution in [-0.4, -0.2) is 35.8 Å². The van der Waals surface area contributed by atoms with Gasteiger partial charge in [0.2, 0.25) is 10.0 Å². The molecule has 1 N–H and O–H groups in total. The molecule has 0 unspecified atom stereocenters. The lowest BCUT2D eigenvalue weighted by atomic mass is 10.2. The minimum atomic E-state index is -4.49. The highest BCUT2D eigenvalue weighted by Crippen LogP contribution is 2.40. The molecule has 0 saturated carbocycles. The van der Waals surface area contributed by atoms with Crippen molar-refractivity contribution in [3.05, 3.63) is 41.0 Å². The number of benzene rings is 1. The highest BCUT2D eigenvalue weighted by molar-refractivity contribution is 7.89. The first-order valence-electron chi connectivity index (χ1n) is 9.36. The maximum atomic E-state index is 13.4. The molecule has 1 fully saturated rings. The molecule has 6 nitrogen and oxygen atoms in total. The minimum absolute atomic E-state index is 0.125. The number of anilines is 2. The summed E-state index contributed by atoms with van der Waals surface area (Å²) in [5, 5.41) is 3.17. The molecular formula is C19H19F3N4O2S2. The molecule has 1 aromatic carbocycles. The average molecular weight is 457 g/mol. The van der Waals surface area contributed by atoms with Gasteiger partial charge in [-0.3, -0.25) is 0 Å². The fourth-order valence-corrected chi connectivity index (χ4v) is 6.77. The number of thiophene rings is 1. The third kappa shape index (κ3) is 3.88. The average Bonchev–Trinajstić information content (AvgIpc) is 3.06. The van der Waals surface area contributed by atoms with Crippen molar-refractivity contribution in [3.8, 4) is 0 Å². The van der Waals surface area contributed by atoms with Crippen molar-refractivity contribution in [3.63, 3.8) is 0 Å². The van der Waals surface area contributed by atoms with Crippen molar-refractivity contribution in [1.29, 1.82) is 0 Å². The number of aromatic nitrogens is 2. The summed E-state index contributed by atoms with van der Waals surface area (Å²) in [6, 6.07) is 4.70. The number of sulfonamides is 1. The molecule has 0 aliphatic carbocycles. The molecule has 0 amide bonds. The van der Waals surface area contributed by atoms with Crippen LogP contribution in [0.25, 0.3) is 10.2 Å². The van der Waals surface area contributed by atoms with Crippen LogP contribution in [0, 0.1) is 6.92 Å². The highest BCUT2D eigenvalue weighted by Gasteiger charge is 2.33.